The van der Waals surface area contributed by atoms with Crippen molar-refractivity contribution in [3.63, 3.8) is 0 Å². The summed E-state index contributed by atoms with van der Waals surface area (Å²) in [5, 5.41) is 4.31. The van der Waals surface area contributed by atoms with Crippen LogP contribution in [0.4, 0.5) is 5.82 Å². The molecule has 1 spiro atoms. The summed E-state index contributed by atoms with van der Waals surface area (Å²) >= 11 is 0. The summed E-state index contributed by atoms with van der Waals surface area (Å²) in [4.78, 5) is 11.2. The summed E-state index contributed by atoms with van der Waals surface area (Å²) in [7, 11) is 0. The van der Waals surface area contributed by atoms with Gasteiger partial charge in [-0.05, 0) is 12.3 Å². The van der Waals surface area contributed by atoms with Crippen molar-refractivity contribution in [2.24, 2.45) is 5.41 Å². The number of hydrogen-bond acceptors (Lipinski definition) is 5. The molecule has 2 saturated heterocycles. The summed E-state index contributed by atoms with van der Waals surface area (Å²) < 4.78 is 7.39. The van der Waals surface area contributed by atoms with E-state index in [4.69, 9.17) is 4.74 Å². The number of fused-ring (bicyclic) bond motifs is 1. The molecule has 0 aliphatic carbocycles. The van der Waals surface area contributed by atoms with Gasteiger partial charge in [0, 0.05) is 31.2 Å². The standard InChI is InChI=1S/C14H19N5O/c1-10(2)11-5-12(19-13(17-11)15-9-16-19)18-6-14(7-18)3-4-20-8-14/h5,9-10H,3-4,6-8H2,1-2H3. The molecule has 2 aliphatic heterocycles. The van der Waals surface area contributed by atoms with Crippen LogP contribution in [-0.4, -0.2) is 45.9 Å². The lowest BCUT2D eigenvalue weighted by Gasteiger charge is -2.48. The third-order valence-corrected chi connectivity index (χ3v) is 4.41. The van der Waals surface area contributed by atoms with Crippen molar-refractivity contribution >= 4 is 11.6 Å². The maximum Gasteiger partial charge on any atom is 0.254 e. The van der Waals surface area contributed by atoms with Crippen LogP contribution >= 0.6 is 0 Å². The van der Waals surface area contributed by atoms with Crippen LogP contribution in [0.5, 0.6) is 0 Å². The number of aromatic nitrogens is 4. The van der Waals surface area contributed by atoms with Gasteiger partial charge in [0.25, 0.3) is 5.78 Å². The topological polar surface area (TPSA) is 55.6 Å². The zero-order chi connectivity index (χ0) is 13.7. The molecule has 0 amide bonds. The fourth-order valence-corrected chi connectivity index (χ4v) is 3.16. The van der Waals surface area contributed by atoms with Gasteiger partial charge < -0.3 is 9.64 Å². The third-order valence-electron chi connectivity index (χ3n) is 4.41. The number of hydrogen-bond donors (Lipinski definition) is 0. The first kappa shape index (κ1) is 12.1. The quantitative estimate of drug-likeness (QED) is 0.829. The molecular formula is C14H19N5O. The summed E-state index contributed by atoms with van der Waals surface area (Å²) in [5.41, 5.74) is 1.44. The smallest absolute Gasteiger partial charge is 0.254 e. The van der Waals surface area contributed by atoms with Crippen LogP contribution < -0.4 is 4.90 Å². The van der Waals surface area contributed by atoms with Gasteiger partial charge in [0.05, 0.1) is 12.3 Å². The second-order valence-electron chi connectivity index (χ2n) is 6.32. The lowest BCUT2D eigenvalue weighted by molar-refractivity contribution is 0.130. The molecule has 0 radical (unpaired) electrons. The molecule has 0 bridgehead atoms. The molecule has 0 aromatic carbocycles. The largest absolute Gasteiger partial charge is 0.381 e. The molecule has 6 nitrogen and oxygen atoms in total. The molecule has 2 aromatic rings. The highest BCUT2D eigenvalue weighted by Crippen LogP contribution is 2.40. The Morgan fingerprint density at radius 1 is 1.35 bits per heavy atom. The predicted molar refractivity (Wildman–Crippen MR) is 75.0 cm³/mol. The third kappa shape index (κ3) is 1.71. The van der Waals surface area contributed by atoms with E-state index < -0.39 is 0 Å². The van der Waals surface area contributed by atoms with Crippen molar-refractivity contribution in [1.82, 2.24) is 19.6 Å². The second-order valence-corrected chi connectivity index (χ2v) is 6.32. The van der Waals surface area contributed by atoms with Crippen molar-refractivity contribution in [3.8, 4) is 0 Å². The van der Waals surface area contributed by atoms with Gasteiger partial charge in [-0.15, -0.1) is 0 Å². The average Bonchev–Trinajstić information content (AvgIpc) is 3.04. The first-order valence-corrected chi connectivity index (χ1v) is 7.20. The van der Waals surface area contributed by atoms with E-state index >= 15 is 0 Å². The van der Waals surface area contributed by atoms with Crippen LogP contribution in [0.1, 0.15) is 31.9 Å². The molecule has 2 aliphatic rings. The first-order valence-electron chi connectivity index (χ1n) is 7.20. The van der Waals surface area contributed by atoms with Gasteiger partial charge in [0.1, 0.15) is 12.1 Å². The van der Waals surface area contributed by atoms with E-state index in [1.54, 1.807) is 6.33 Å². The van der Waals surface area contributed by atoms with Gasteiger partial charge in [-0.3, -0.25) is 0 Å². The molecule has 0 saturated carbocycles. The Balaban J connectivity index is 1.70. The zero-order valence-corrected chi connectivity index (χ0v) is 11.9. The van der Waals surface area contributed by atoms with Gasteiger partial charge in [-0.25, -0.2) is 4.98 Å². The van der Waals surface area contributed by atoms with Crippen molar-refractivity contribution in [3.05, 3.63) is 18.1 Å². The monoisotopic (exact) mass is 273 g/mol. The predicted octanol–water partition coefficient (Wildman–Crippen LogP) is 1.47. The van der Waals surface area contributed by atoms with E-state index in [0.717, 1.165) is 37.8 Å². The van der Waals surface area contributed by atoms with Crippen molar-refractivity contribution in [2.75, 3.05) is 31.2 Å². The van der Waals surface area contributed by atoms with Gasteiger partial charge in [0.2, 0.25) is 0 Å². The fourth-order valence-electron chi connectivity index (χ4n) is 3.16. The molecule has 0 N–H and O–H groups in total. The average molecular weight is 273 g/mol. The first-order chi connectivity index (χ1) is 9.67. The van der Waals surface area contributed by atoms with Crippen LogP contribution in [-0.2, 0) is 4.74 Å². The van der Waals surface area contributed by atoms with Crippen LogP contribution in [0.2, 0.25) is 0 Å². The highest BCUT2D eigenvalue weighted by Gasteiger charge is 2.46. The molecular weight excluding hydrogens is 254 g/mol. The molecule has 106 valence electrons. The SMILES string of the molecule is CC(C)c1cc(N2CC3(CCOC3)C2)n2ncnc2n1. The normalized spacial score (nSPS) is 21.1. The van der Waals surface area contributed by atoms with Crippen LogP contribution in [0.15, 0.2) is 12.4 Å². The minimum atomic E-state index is 0.369. The highest BCUT2D eigenvalue weighted by atomic mass is 16.5. The number of nitrogens with zero attached hydrogens (tertiary/aromatic N) is 5. The van der Waals surface area contributed by atoms with E-state index in [1.807, 2.05) is 4.52 Å². The summed E-state index contributed by atoms with van der Waals surface area (Å²) in [5.74, 6) is 2.18. The Labute approximate surface area is 117 Å². The molecule has 4 rings (SSSR count). The maximum atomic E-state index is 5.55. The van der Waals surface area contributed by atoms with E-state index in [1.165, 1.54) is 6.42 Å². The molecule has 6 heteroatoms. The lowest BCUT2D eigenvalue weighted by Crippen LogP contribution is -2.57. The van der Waals surface area contributed by atoms with Crippen molar-refractivity contribution < 1.29 is 4.74 Å². The Morgan fingerprint density at radius 3 is 2.90 bits per heavy atom. The molecule has 0 atom stereocenters. The molecule has 2 fully saturated rings. The minimum absolute atomic E-state index is 0.369. The molecule has 20 heavy (non-hydrogen) atoms. The Hall–Kier alpha value is -1.69. The van der Waals surface area contributed by atoms with Crippen molar-refractivity contribution in [1.29, 1.82) is 0 Å². The Morgan fingerprint density at radius 2 is 2.20 bits per heavy atom. The number of rotatable bonds is 2. The molecule has 4 heterocycles. The van der Waals surface area contributed by atoms with Gasteiger partial charge in [-0.2, -0.15) is 14.6 Å². The van der Waals surface area contributed by atoms with E-state index in [2.05, 4.69) is 39.9 Å². The second kappa shape index (κ2) is 4.15. The number of anilines is 1. The van der Waals surface area contributed by atoms with Gasteiger partial charge in [-0.1, -0.05) is 13.8 Å². The van der Waals surface area contributed by atoms with Gasteiger partial charge in [0.15, 0.2) is 0 Å². The fraction of sp³-hybridized carbons (Fsp3) is 0.643. The van der Waals surface area contributed by atoms with Crippen LogP contribution in [0.3, 0.4) is 0 Å². The molecule has 0 unspecified atom stereocenters. The van der Waals surface area contributed by atoms with Crippen LogP contribution in [0.25, 0.3) is 5.78 Å². The Kier molecular flexibility index (Phi) is 2.51. The molecule has 2 aromatic heterocycles. The summed E-state index contributed by atoms with van der Waals surface area (Å²) in [6.45, 7) is 8.20. The minimum Gasteiger partial charge on any atom is -0.381 e. The van der Waals surface area contributed by atoms with E-state index in [9.17, 15) is 0 Å². The Bertz CT molecular complexity index is 636. The van der Waals surface area contributed by atoms with E-state index in [-0.39, 0.29) is 0 Å². The maximum absolute atomic E-state index is 5.55. The van der Waals surface area contributed by atoms with Gasteiger partial charge >= 0.3 is 0 Å². The summed E-state index contributed by atoms with van der Waals surface area (Å²) in [6, 6.07) is 2.15. The zero-order valence-electron chi connectivity index (χ0n) is 11.9. The van der Waals surface area contributed by atoms with E-state index in [0.29, 0.717) is 17.1 Å². The summed E-state index contributed by atoms with van der Waals surface area (Å²) in [6.07, 6.45) is 2.75. The van der Waals surface area contributed by atoms with Crippen LogP contribution in [0, 0.1) is 5.41 Å². The number of ether oxygens (including phenoxy) is 1. The van der Waals surface area contributed by atoms with Crippen molar-refractivity contribution in [2.45, 2.75) is 26.2 Å². The lowest BCUT2D eigenvalue weighted by atomic mass is 9.79. The highest BCUT2D eigenvalue weighted by molar-refractivity contribution is 5.50.